The molecular weight excluding hydrogens is 300 g/mol. The molecule has 0 saturated heterocycles. The zero-order valence-corrected chi connectivity index (χ0v) is 13.6. The SMILES string of the molecule is CCOC(=O)c1c(N)c(-c2ccccc2)cn1Cc1ccccc1. The fraction of sp³-hybridized carbons (Fsp3) is 0.150. The average Bonchev–Trinajstić information content (AvgIpc) is 2.93. The third-order valence-electron chi connectivity index (χ3n) is 3.87. The van der Waals surface area contributed by atoms with Gasteiger partial charge in [0.15, 0.2) is 5.69 Å². The van der Waals surface area contributed by atoms with E-state index in [1.54, 1.807) is 6.92 Å². The number of carbonyl (C=O) groups excluding carboxylic acids is 1. The fourth-order valence-corrected chi connectivity index (χ4v) is 2.75. The van der Waals surface area contributed by atoms with E-state index in [4.69, 9.17) is 10.5 Å². The number of ether oxygens (including phenoxy) is 1. The lowest BCUT2D eigenvalue weighted by atomic mass is 10.1. The summed E-state index contributed by atoms with van der Waals surface area (Å²) in [7, 11) is 0. The number of carbonyl (C=O) groups is 1. The van der Waals surface area contributed by atoms with Crippen LogP contribution >= 0.6 is 0 Å². The van der Waals surface area contributed by atoms with Crippen molar-refractivity contribution >= 4 is 11.7 Å². The highest BCUT2D eigenvalue weighted by atomic mass is 16.5. The quantitative estimate of drug-likeness (QED) is 0.724. The van der Waals surface area contributed by atoms with Crippen molar-refractivity contribution in [1.82, 2.24) is 4.57 Å². The van der Waals surface area contributed by atoms with Crippen LogP contribution in [0.15, 0.2) is 66.9 Å². The molecule has 122 valence electrons. The largest absolute Gasteiger partial charge is 0.461 e. The summed E-state index contributed by atoms with van der Waals surface area (Å²) in [6, 6.07) is 19.8. The van der Waals surface area contributed by atoms with Crippen LogP contribution in [0.3, 0.4) is 0 Å². The second kappa shape index (κ2) is 7.04. The van der Waals surface area contributed by atoms with Gasteiger partial charge in [0.05, 0.1) is 12.3 Å². The standard InChI is InChI=1S/C20H20N2O2/c1-2-24-20(23)19-18(21)17(16-11-7-4-8-12-16)14-22(19)13-15-9-5-3-6-10-15/h3-12,14H,2,13,21H2,1H3. The molecule has 4 heteroatoms. The molecule has 0 radical (unpaired) electrons. The first-order valence-electron chi connectivity index (χ1n) is 7.95. The second-order valence-electron chi connectivity index (χ2n) is 5.51. The molecule has 24 heavy (non-hydrogen) atoms. The summed E-state index contributed by atoms with van der Waals surface area (Å²) in [5.41, 5.74) is 10.1. The molecule has 0 bridgehead atoms. The lowest BCUT2D eigenvalue weighted by Crippen LogP contribution is -2.14. The minimum Gasteiger partial charge on any atom is -0.461 e. The van der Waals surface area contributed by atoms with Gasteiger partial charge < -0.3 is 15.0 Å². The molecule has 0 spiro atoms. The number of anilines is 1. The van der Waals surface area contributed by atoms with Crippen molar-refractivity contribution in [3.05, 3.63) is 78.1 Å². The van der Waals surface area contributed by atoms with Crippen LogP contribution in [0.2, 0.25) is 0 Å². The van der Waals surface area contributed by atoms with Gasteiger partial charge in [-0.1, -0.05) is 60.7 Å². The van der Waals surface area contributed by atoms with Gasteiger partial charge in [-0.25, -0.2) is 4.79 Å². The third kappa shape index (κ3) is 3.18. The summed E-state index contributed by atoms with van der Waals surface area (Å²) in [6.45, 7) is 2.66. The van der Waals surface area contributed by atoms with Crippen LogP contribution in [0.4, 0.5) is 5.69 Å². The Bertz CT molecular complexity index is 824. The Hall–Kier alpha value is -3.01. The highest BCUT2D eigenvalue weighted by Crippen LogP contribution is 2.31. The number of nitrogens with zero attached hydrogens (tertiary/aromatic N) is 1. The van der Waals surface area contributed by atoms with Gasteiger partial charge in [-0.15, -0.1) is 0 Å². The van der Waals surface area contributed by atoms with Gasteiger partial charge in [-0.3, -0.25) is 0 Å². The Kier molecular flexibility index (Phi) is 4.66. The van der Waals surface area contributed by atoms with Crippen molar-refractivity contribution in [2.45, 2.75) is 13.5 Å². The Labute approximate surface area is 141 Å². The number of rotatable bonds is 5. The molecule has 0 aliphatic heterocycles. The number of benzene rings is 2. The average molecular weight is 320 g/mol. The number of esters is 1. The molecule has 0 amide bonds. The maximum Gasteiger partial charge on any atom is 0.357 e. The van der Waals surface area contributed by atoms with Crippen LogP contribution in [0.25, 0.3) is 11.1 Å². The predicted molar refractivity (Wildman–Crippen MR) is 95.8 cm³/mol. The van der Waals surface area contributed by atoms with E-state index in [9.17, 15) is 4.79 Å². The first-order chi connectivity index (χ1) is 11.7. The van der Waals surface area contributed by atoms with Gasteiger partial charge in [0, 0.05) is 18.3 Å². The van der Waals surface area contributed by atoms with Crippen LogP contribution in [-0.2, 0) is 11.3 Å². The van der Waals surface area contributed by atoms with Gasteiger partial charge in [-0.05, 0) is 18.1 Å². The van der Waals surface area contributed by atoms with Crippen molar-refractivity contribution in [1.29, 1.82) is 0 Å². The van der Waals surface area contributed by atoms with Gasteiger partial charge in [0.2, 0.25) is 0 Å². The molecule has 0 unspecified atom stereocenters. The minimum atomic E-state index is -0.395. The van der Waals surface area contributed by atoms with E-state index in [-0.39, 0.29) is 0 Å². The van der Waals surface area contributed by atoms with Crippen molar-refractivity contribution in [3.8, 4) is 11.1 Å². The van der Waals surface area contributed by atoms with E-state index in [0.717, 1.165) is 16.7 Å². The molecule has 4 nitrogen and oxygen atoms in total. The van der Waals surface area contributed by atoms with Crippen molar-refractivity contribution in [2.75, 3.05) is 12.3 Å². The van der Waals surface area contributed by atoms with E-state index in [0.29, 0.717) is 24.5 Å². The Balaban J connectivity index is 2.07. The molecule has 3 rings (SSSR count). The second-order valence-corrected chi connectivity index (χ2v) is 5.51. The van der Waals surface area contributed by atoms with Crippen LogP contribution in [0.5, 0.6) is 0 Å². The zero-order valence-electron chi connectivity index (χ0n) is 13.6. The summed E-state index contributed by atoms with van der Waals surface area (Å²) in [4.78, 5) is 12.4. The third-order valence-corrected chi connectivity index (χ3v) is 3.87. The number of nitrogen functional groups attached to an aromatic ring is 1. The van der Waals surface area contributed by atoms with E-state index in [2.05, 4.69) is 0 Å². The Morgan fingerprint density at radius 2 is 1.67 bits per heavy atom. The minimum absolute atomic E-state index is 0.315. The van der Waals surface area contributed by atoms with E-state index in [1.165, 1.54) is 0 Å². The van der Waals surface area contributed by atoms with Gasteiger partial charge in [0.25, 0.3) is 0 Å². The van der Waals surface area contributed by atoms with Gasteiger partial charge >= 0.3 is 5.97 Å². The van der Waals surface area contributed by atoms with E-state index < -0.39 is 5.97 Å². The maximum atomic E-state index is 12.4. The van der Waals surface area contributed by atoms with Crippen LogP contribution in [-0.4, -0.2) is 17.1 Å². The fourth-order valence-electron chi connectivity index (χ4n) is 2.75. The molecule has 3 aromatic rings. The first-order valence-corrected chi connectivity index (χ1v) is 7.95. The Morgan fingerprint density at radius 3 is 2.29 bits per heavy atom. The zero-order chi connectivity index (χ0) is 16.9. The molecule has 0 aliphatic carbocycles. The summed E-state index contributed by atoms with van der Waals surface area (Å²) in [6.07, 6.45) is 1.92. The molecule has 1 heterocycles. The summed E-state index contributed by atoms with van der Waals surface area (Å²) in [5, 5.41) is 0. The topological polar surface area (TPSA) is 57.2 Å². The monoisotopic (exact) mass is 320 g/mol. The molecule has 1 aromatic heterocycles. The van der Waals surface area contributed by atoms with Gasteiger partial charge in [-0.2, -0.15) is 0 Å². The lowest BCUT2D eigenvalue weighted by molar-refractivity contribution is 0.0516. The van der Waals surface area contributed by atoms with E-state index >= 15 is 0 Å². The van der Waals surface area contributed by atoms with Crippen molar-refractivity contribution in [3.63, 3.8) is 0 Å². The van der Waals surface area contributed by atoms with Crippen molar-refractivity contribution in [2.24, 2.45) is 0 Å². The molecular formula is C20H20N2O2. The van der Waals surface area contributed by atoms with Crippen LogP contribution in [0.1, 0.15) is 23.0 Å². The van der Waals surface area contributed by atoms with Crippen LogP contribution < -0.4 is 5.73 Å². The first kappa shape index (κ1) is 15.9. The Morgan fingerprint density at radius 1 is 1.04 bits per heavy atom. The van der Waals surface area contributed by atoms with Crippen LogP contribution in [0, 0.1) is 0 Å². The predicted octanol–water partition coefficient (Wildman–Crippen LogP) is 3.96. The molecule has 0 saturated carbocycles. The maximum absolute atomic E-state index is 12.4. The summed E-state index contributed by atoms with van der Waals surface area (Å²) >= 11 is 0. The number of aromatic nitrogens is 1. The number of hydrogen-bond acceptors (Lipinski definition) is 3. The highest BCUT2D eigenvalue weighted by Gasteiger charge is 2.21. The molecule has 0 atom stereocenters. The number of hydrogen-bond donors (Lipinski definition) is 1. The van der Waals surface area contributed by atoms with Crippen molar-refractivity contribution < 1.29 is 9.53 Å². The highest BCUT2D eigenvalue weighted by molar-refractivity contribution is 5.98. The van der Waals surface area contributed by atoms with E-state index in [1.807, 2.05) is 71.4 Å². The smallest absolute Gasteiger partial charge is 0.357 e. The summed E-state index contributed by atoms with van der Waals surface area (Å²) < 4.78 is 7.06. The molecule has 0 fully saturated rings. The molecule has 2 N–H and O–H groups in total. The van der Waals surface area contributed by atoms with Gasteiger partial charge in [0.1, 0.15) is 0 Å². The summed E-state index contributed by atoms with van der Waals surface area (Å²) in [5.74, 6) is -0.395. The molecule has 2 aromatic carbocycles. The normalized spacial score (nSPS) is 10.5. The lowest BCUT2D eigenvalue weighted by Gasteiger charge is -2.09. The number of nitrogens with two attached hydrogens (primary N) is 1. The molecule has 0 aliphatic rings.